The molecule has 0 fully saturated rings. The van der Waals surface area contributed by atoms with Crippen LogP contribution in [-0.2, 0) is 17.9 Å². The summed E-state index contributed by atoms with van der Waals surface area (Å²) in [5.41, 5.74) is 0.814. The predicted molar refractivity (Wildman–Crippen MR) is 99.0 cm³/mol. The summed E-state index contributed by atoms with van der Waals surface area (Å²) in [4.78, 5) is 17.8. The van der Waals surface area contributed by atoms with Gasteiger partial charge in [0.25, 0.3) is 0 Å². The first-order valence-electron chi connectivity index (χ1n) is 8.36. The number of hydrogen-bond acceptors (Lipinski definition) is 6. The zero-order valence-corrected chi connectivity index (χ0v) is 14.3. The quantitative estimate of drug-likeness (QED) is 0.567. The fourth-order valence-corrected chi connectivity index (χ4v) is 2.51. The number of nitrogens with zero attached hydrogens (tertiary/aromatic N) is 5. The number of ether oxygens (including phenoxy) is 1. The van der Waals surface area contributed by atoms with Gasteiger partial charge in [0, 0.05) is 5.39 Å². The first kappa shape index (κ1) is 16.6. The predicted octanol–water partition coefficient (Wildman–Crippen LogP) is 2.44. The molecule has 134 valence electrons. The van der Waals surface area contributed by atoms with Gasteiger partial charge in [-0.05, 0) is 35.5 Å². The Morgan fingerprint density at radius 1 is 1.00 bits per heavy atom. The van der Waals surface area contributed by atoms with E-state index in [1.165, 1.54) is 4.80 Å². The molecular weight excluding hydrogens is 344 g/mol. The van der Waals surface area contributed by atoms with Gasteiger partial charge in [0.2, 0.25) is 11.7 Å². The molecule has 0 spiro atoms. The Bertz CT molecular complexity index is 1060. The molecule has 0 atom stereocenters. The highest BCUT2D eigenvalue weighted by Crippen LogP contribution is 2.14. The monoisotopic (exact) mass is 360 g/mol. The number of para-hydroxylation sites is 2. The third kappa shape index (κ3) is 4.24. The van der Waals surface area contributed by atoms with E-state index in [-0.39, 0.29) is 19.1 Å². The number of fused-ring (bicyclic) bond motifs is 1. The molecule has 0 bridgehead atoms. The molecule has 4 rings (SSSR count). The summed E-state index contributed by atoms with van der Waals surface area (Å²) in [7, 11) is 0. The first-order valence-corrected chi connectivity index (χ1v) is 8.36. The molecule has 8 nitrogen and oxygen atoms in total. The van der Waals surface area contributed by atoms with Crippen molar-refractivity contribution in [3.63, 3.8) is 0 Å². The molecule has 0 aliphatic rings. The Kier molecular flexibility index (Phi) is 4.69. The normalized spacial score (nSPS) is 10.7. The third-order valence-corrected chi connectivity index (χ3v) is 3.76. The number of amides is 1. The molecule has 0 saturated carbocycles. The highest BCUT2D eigenvalue weighted by atomic mass is 16.5. The first-order chi connectivity index (χ1) is 13.3. The highest BCUT2D eigenvalue weighted by molar-refractivity contribution is 5.91. The zero-order chi connectivity index (χ0) is 18.5. The van der Waals surface area contributed by atoms with E-state index in [9.17, 15) is 4.79 Å². The van der Waals surface area contributed by atoms with Gasteiger partial charge in [-0.25, -0.2) is 4.98 Å². The standard InChI is InChI=1S/C19H16N6O2/c26-19(21-17-11-10-14-6-4-5-9-16(14)20-17)12-25-23-18(22-24-25)13-27-15-7-2-1-3-8-15/h1-11H,12-13H2,(H,20,21,26). The van der Waals surface area contributed by atoms with Crippen LogP contribution in [0.5, 0.6) is 5.75 Å². The molecule has 0 aliphatic carbocycles. The van der Waals surface area contributed by atoms with Crippen molar-refractivity contribution in [1.82, 2.24) is 25.2 Å². The molecule has 2 heterocycles. The summed E-state index contributed by atoms with van der Waals surface area (Å²) in [5.74, 6) is 1.31. The topological polar surface area (TPSA) is 94.8 Å². The summed E-state index contributed by atoms with van der Waals surface area (Å²) in [6, 6.07) is 20.7. The lowest BCUT2D eigenvalue weighted by Gasteiger charge is -2.05. The number of pyridine rings is 1. The van der Waals surface area contributed by atoms with Crippen molar-refractivity contribution in [3.05, 3.63) is 72.6 Å². The summed E-state index contributed by atoms with van der Waals surface area (Å²) in [5, 5.41) is 15.7. The van der Waals surface area contributed by atoms with Crippen LogP contribution in [0.1, 0.15) is 5.82 Å². The lowest BCUT2D eigenvalue weighted by molar-refractivity contribution is -0.117. The van der Waals surface area contributed by atoms with Gasteiger partial charge >= 0.3 is 0 Å². The minimum atomic E-state index is -0.286. The van der Waals surface area contributed by atoms with Gasteiger partial charge in [-0.2, -0.15) is 4.80 Å². The molecule has 27 heavy (non-hydrogen) atoms. The fourth-order valence-electron chi connectivity index (χ4n) is 2.51. The van der Waals surface area contributed by atoms with Crippen LogP contribution in [-0.4, -0.2) is 31.1 Å². The molecule has 2 aromatic heterocycles. The van der Waals surface area contributed by atoms with Crippen LogP contribution in [0.3, 0.4) is 0 Å². The lowest BCUT2D eigenvalue weighted by Crippen LogP contribution is -2.21. The number of aromatic nitrogens is 5. The van der Waals surface area contributed by atoms with E-state index in [1.54, 1.807) is 6.07 Å². The average molecular weight is 360 g/mol. The summed E-state index contributed by atoms with van der Waals surface area (Å²) >= 11 is 0. The number of benzene rings is 2. The van der Waals surface area contributed by atoms with Crippen molar-refractivity contribution in [2.24, 2.45) is 0 Å². The van der Waals surface area contributed by atoms with Gasteiger partial charge in [0.15, 0.2) is 6.61 Å². The van der Waals surface area contributed by atoms with Gasteiger partial charge < -0.3 is 10.1 Å². The highest BCUT2D eigenvalue weighted by Gasteiger charge is 2.09. The third-order valence-electron chi connectivity index (χ3n) is 3.76. The Labute approximate surface area is 154 Å². The number of carbonyl (C=O) groups excluding carboxylic acids is 1. The number of anilines is 1. The number of carbonyl (C=O) groups is 1. The van der Waals surface area contributed by atoms with Crippen LogP contribution in [0.4, 0.5) is 5.82 Å². The lowest BCUT2D eigenvalue weighted by atomic mass is 10.2. The maximum Gasteiger partial charge on any atom is 0.249 e. The molecule has 1 amide bonds. The molecule has 8 heteroatoms. The largest absolute Gasteiger partial charge is 0.485 e. The van der Waals surface area contributed by atoms with Gasteiger partial charge in [0.05, 0.1) is 5.52 Å². The zero-order valence-electron chi connectivity index (χ0n) is 14.3. The minimum absolute atomic E-state index is 0.0627. The molecule has 4 aromatic rings. The van der Waals surface area contributed by atoms with Crippen LogP contribution < -0.4 is 10.1 Å². The van der Waals surface area contributed by atoms with E-state index in [0.717, 1.165) is 10.9 Å². The minimum Gasteiger partial charge on any atom is -0.485 e. The van der Waals surface area contributed by atoms with Crippen molar-refractivity contribution in [3.8, 4) is 5.75 Å². The Morgan fingerprint density at radius 2 is 1.81 bits per heavy atom. The second-order valence-corrected chi connectivity index (χ2v) is 5.78. The van der Waals surface area contributed by atoms with Gasteiger partial charge in [0.1, 0.15) is 18.1 Å². The van der Waals surface area contributed by atoms with E-state index in [2.05, 4.69) is 25.7 Å². The maximum absolute atomic E-state index is 12.2. The van der Waals surface area contributed by atoms with Crippen LogP contribution >= 0.6 is 0 Å². The van der Waals surface area contributed by atoms with Crippen molar-refractivity contribution in [1.29, 1.82) is 0 Å². The second-order valence-electron chi connectivity index (χ2n) is 5.78. The van der Waals surface area contributed by atoms with Crippen LogP contribution in [0.25, 0.3) is 10.9 Å². The van der Waals surface area contributed by atoms with Crippen LogP contribution in [0, 0.1) is 0 Å². The number of rotatable bonds is 6. The van der Waals surface area contributed by atoms with Gasteiger partial charge in [-0.15, -0.1) is 10.2 Å². The summed E-state index contributed by atoms with van der Waals surface area (Å²) in [6.45, 7) is 0.116. The number of hydrogen-bond donors (Lipinski definition) is 1. The average Bonchev–Trinajstić information content (AvgIpc) is 3.14. The second kappa shape index (κ2) is 7.61. The van der Waals surface area contributed by atoms with E-state index in [4.69, 9.17) is 4.74 Å². The van der Waals surface area contributed by atoms with Crippen LogP contribution in [0.15, 0.2) is 66.7 Å². The van der Waals surface area contributed by atoms with E-state index >= 15 is 0 Å². The van der Waals surface area contributed by atoms with Crippen molar-refractivity contribution in [2.45, 2.75) is 13.2 Å². The molecule has 0 saturated heterocycles. The van der Waals surface area contributed by atoms with E-state index in [1.807, 2.05) is 60.7 Å². The molecule has 2 aromatic carbocycles. The SMILES string of the molecule is O=C(Cn1nnc(COc2ccccc2)n1)Nc1ccc2ccccc2n1. The van der Waals surface area contributed by atoms with E-state index in [0.29, 0.717) is 17.4 Å². The number of nitrogens with one attached hydrogen (secondary N) is 1. The van der Waals surface area contributed by atoms with Gasteiger partial charge in [-0.1, -0.05) is 36.4 Å². The molecule has 0 aliphatic heterocycles. The molecule has 0 unspecified atom stereocenters. The van der Waals surface area contributed by atoms with E-state index < -0.39 is 0 Å². The molecular formula is C19H16N6O2. The maximum atomic E-state index is 12.2. The fraction of sp³-hybridized carbons (Fsp3) is 0.105. The van der Waals surface area contributed by atoms with Crippen molar-refractivity contribution in [2.75, 3.05) is 5.32 Å². The van der Waals surface area contributed by atoms with Crippen molar-refractivity contribution < 1.29 is 9.53 Å². The summed E-state index contributed by atoms with van der Waals surface area (Å²) < 4.78 is 5.56. The smallest absolute Gasteiger partial charge is 0.249 e. The molecule has 0 radical (unpaired) electrons. The number of tetrazole rings is 1. The Hall–Kier alpha value is -3.81. The summed E-state index contributed by atoms with van der Waals surface area (Å²) in [6.07, 6.45) is 0. The molecule has 1 N–H and O–H groups in total. The van der Waals surface area contributed by atoms with Gasteiger partial charge in [-0.3, -0.25) is 4.79 Å². The van der Waals surface area contributed by atoms with Crippen molar-refractivity contribution >= 4 is 22.6 Å². The Morgan fingerprint density at radius 3 is 2.70 bits per heavy atom. The Balaban J connectivity index is 1.34. The van der Waals surface area contributed by atoms with Crippen LogP contribution in [0.2, 0.25) is 0 Å².